The predicted molar refractivity (Wildman–Crippen MR) is 68.7 cm³/mol. The molecule has 3 N–H and O–H groups in total. The lowest BCUT2D eigenvalue weighted by Crippen LogP contribution is -2.27. The van der Waals surface area contributed by atoms with Crippen LogP contribution in [0.3, 0.4) is 0 Å². The van der Waals surface area contributed by atoms with E-state index in [0.717, 1.165) is 25.9 Å². The van der Waals surface area contributed by atoms with Gasteiger partial charge >= 0.3 is 0 Å². The summed E-state index contributed by atoms with van der Waals surface area (Å²) in [6.45, 7) is 3.99. The topological polar surface area (TPSA) is 86.9 Å². The molecule has 0 saturated heterocycles. The van der Waals surface area contributed by atoms with E-state index in [4.69, 9.17) is 0 Å². The summed E-state index contributed by atoms with van der Waals surface area (Å²) >= 11 is 0. The van der Waals surface area contributed by atoms with Crippen LogP contribution in [-0.4, -0.2) is 38.0 Å². The summed E-state index contributed by atoms with van der Waals surface area (Å²) < 4.78 is 26.3. The highest BCUT2D eigenvalue weighted by molar-refractivity contribution is 7.89. The number of nitrogens with zero attached hydrogens (tertiary/aromatic N) is 1. The third-order valence-electron chi connectivity index (χ3n) is 2.87. The Morgan fingerprint density at radius 1 is 1.50 bits per heavy atom. The van der Waals surface area contributed by atoms with Gasteiger partial charge in [0.25, 0.3) is 10.0 Å². The second-order valence-electron chi connectivity index (χ2n) is 4.30. The molecule has 1 aliphatic rings. The van der Waals surface area contributed by atoms with Crippen LogP contribution >= 0.6 is 0 Å². The summed E-state index contributed by atoms with van der Waals surface area (Å²) in [5, 5.41) is 3.35. The Bertz CT molecular complexity index is 533. The molecule has 1 aromatic rings. The van der Waals surface area contributed by atoms with Gasteiger partial charge in [-0.1, -0.05) is 11.6 Å². The first-order valence-corrected chi connectivity index (χ1v) is 7.46. The monoisotopic (exact) mass is 270 g/mol. The fourth-order valence-electron chi connectivity index (χ4n) is 1.86. The van der Waals surface area contributed by atoms with E-state index >= 15 is 0 Å². The number of hydrogen-bond donors (Lipinski definition) is 3. The molecule has 18 heavy (non-hydrogen) atoms. The maximum absolute atomic E-state index is 11.9. The molecule has 0 spiro atoms. The average molecular weight is 270 g/mol. The Morgan fingerprint density at radius 2 is 2.33 bits per heavy atom. The van der Waals surface area contributed by atoms with Crippen LogP contribution in [0.2, 0.25) is 0 Å². The highest BCUT2D eigenvalue weighted by Crippen LogP contribution is 2.09. The van der Waals surface area contributed by atoms with Crippen molar-refractivity contribution in [1.29, 1.82) is 0 Å². The van der Waals surface area contributed by atoms with Crippen molar-refractivity contribution in [3.05, 3.63) is 23.7 Å². The minimum Gasteiger partial charge on any atom is -0.332 e. The molecule has 2 heterocycles. The number of H-pyrrole nitrogens is 1. The van der Waals surface area contributed by atoms with E-state index < -0.39 is 10.0 Å². The van der Waals surface area contributed by atoms with Crippen LogP contribution in [0.1, 0.15) is 18.7 Å². The Hall–Kier alpha value is -1.18. The van der Waals surface area contributed by atoms with Crippen LogP contribution < -0.4 is 10.0 Å². The fourth-order valence-corrected chi connectivity index (χ4v) is 2.86. The zero-order valence-corrected chi connectivity index (χ0v) is 11.2. The van der Waals surface area contributed by atoms with Gasteiger partial charge in [0.15, 0.2) is 5.03 Å². The Balaban J connectivity index is 1.87. The molecule has 2 rings (SSSR count). The molecule has 0 atom stereocenters. The van der Waals surface area contributed by atoms with Crippen LogP contribution in [0.25, 0.3) is 0 Å². The Kier molecular flexibility index (Phi) is 4.15. The number of hydrogen-bond acceptors (Lipinski definition) is 4. The highest BCUT2D eigenvalue weighted by Gasteiger charge is 2.15. The summed E-state index contributed by atoms with van der Waals surface area (Å²) in [5.41, 5.74) is 1.30. The van der Waals surface area contributed by atoms with Gasteiger partial charge in [-0.3, -0.25) is 0 Å². The summed E-state index contributed by atoms with van der Waals surface area (Å²) in [6.07, 6.45) is 5.21. The molecule has 6 nitrogen and oxygen atoms in total. The maximum atomic E-state index is 11.9. The first-order chi connectivity index (χ1) is 8.58. The van der Waals surface area contributed by atoms with Gasteiger partial charge in [0, 0.05) is 13.1 Å². The van der Waals surface area contributed by atoms with Crippen LogP contribution in [0, 0.1) is 6.92 Å². The molecule has 1 aromatic heterocycles. The zero-order chi connectivity index (χ0) is 13.0. The third kappa shape index (κ3) is 3.41. The molecule has 0 fully saturated rings. The molecule has 0 saturated carbocycles. The molecule has 0 unspecified atom stereocenters. The van der Waals surface area contributed by atoms with Gasteiger partial charge in [0.1, 0.15) is 5.82 Å². The lowest BCUT2D eigenvalue weighted by Gasteiger charge is -2.13. The number of aromatic amines is 1. The zero-order valence-electron chi connectivity index (χ0n) is 10.4. The predicted octanol–water partition coefficient (Wildman–Crippen LogP) is 0.306. The first-order valence-electron chi connectivity index (χ1n) is 5.98. The van der Waals surface area contributed by atoms with Crippen LogP contribution in [-0.2, 0) is 10.0 Å². The molecule has 7 heteroatoms. The average Bonchev–Trinajstić information content (AvgIpc) is 2.78. The van der Waals surface area contributed by atoms with Gasteiger partial charge in [-0.15, -0.1) is 0 Å². The molecule has 100 valence electrons. The minimum atomic E-state index is -3.45. The van der Waals surface area contributed by atoms with Crippen molar-refractivity contribution >= 4 is 10.0 Å². The molecule has 0 radical (unpaired) electrons. The van der Waals surface area contributed by atoms with E-state index in [1.165, 1.54) is 11.8 Å². The van der Waals surface area contributed by atoms with Gasteiger partial charge < -0.3 is 10.3 Å². The van der Waals surface area contributed by atoms with Crippen molar-refractivity contribution < 1.29 is 8.42 Å². The van der Waals surface area contributed by atoms with Gasteiger partial charge in [0.05, 0.1) is 6.20 Å². The van der Waals surface area contributed by atoms with Crippen molar-refractivity contribution in [3.8, 4) is 0 Å². The Labute approximate surface area is 107 Å². The Morgan fingerprint density at radius 3 is 2.94 bits per heavy atom. The quantitative estimate of drug-likeness (QED) is 0.672. The first kappa shape index (κ1) is 13.3. The smallest absolute Gasteiger partial charge is 0.257 e. The van der Waals surface area contributed by atoms with Crippen LogP contribution in [0.5, 0.6) is 0 Å². The van der Waals surface area contributed by atoms with Gasteiger partial charge in [-0.25, -0.2) is 18.1 Å². The minimum absolute atomic E-state index is 0.124. The third-order valence-corrected chi connectivity index (χ3v) is 4.24. The summed E-state index contributed by atoms with van der Waals surface area (Å²) in [7, 11) is -3.45. The van der Waals surface area contributed by atoms with Crippen LogP contribution in [0.4, 0.5) is 0 Å². The summed E-state index contributed by atoms with van der Waals surface area (Å²) in [5.74, 6) is 0.594. The number of sulfonamides is 1. The van der Waals surface area contributed by atoms with Crippen molar-refractivity contribution in [2.45, 2.75) is 24.8 Å². The van der Waals surface area contributed by atoms with E-state index in [-0.39, 0.29) is 5.03 Å². The summed E-state index contributed by atoms with van der Waals surface area (Å²) in [4.78, 5) is 6.61. The highest BCUT2D eigenvalue weighted by atomic mass is 32.2. The van der Waals surface area contributed by atoms with Crippen molar-refractivity contribution in [1.82, 2.24) is 20.0 Å². The molecule has 0 bridgehead atoms. The normalized spacial score (nSPS) is 16.6. The lowest BCUT2D eigenvalue weighted by molar-refractivity contribution is 0.576. The second kappa shape index (κ2) is 5.64. The second-order valence-corrected chi connectivity index (χ2v) is 6.03. The van der Waals surface area contributed by atoms with E-state index in [9.17, 15) is 8.42 Å². The number of aromatic nitrogens is 2. The van der Waals surface area contributed by atoms with Crippen LogP contribution in [0.15, 0.2) is 22.9 Å². The van der Waals surface area contributed by atoms with Gasteiger partial charge in [0.2, 0.25) is 0 Å². The van der Waals surface area contributed by atoms with Gasteiger partial charge in [-0.05, 0) is 26.3 Å². The standard InChI is InChI=1S/C11H18N4O2S/c1-9-13-8-11(15-9)18(16,17)14-7-4-10-2-5-12-6-3-10/h2,8,12,14H,3-7H2,1H3,(H,13,15). The summed E-state index contributed by atoms with van der Waals surface area (Å²) in [6, 6.07) is 0. The van der Waals surface area contributed by atoms with Crippen molar-refractivity contribution in [3.63, 3.8) is 0 Å². The van der Waals surface area contributed by atoms with E-state index in [0.29, 0.717) is 12.4 Å². The van der Waals surface area contributed by atoms with Crippen molar-refractivity contribution in [2.75, 3.05) is 19.6 Å². The van der Waals surface area contributed by atoms with Crippen molar-refractivity contribution in [2.24, 2.45) is 0 Å². The molecular weight excluding hydrogens is 252 g/mol. The maximum Gasteiger partial charge on any atom is 0.257 e. The van der Waals surface area contributed by atoms with E-state index in [1.54, 1.807) is 6.92 Å². The molecule has 0 aromatic carbocycles. The molecule has 0 amide bonds. The van der Waals surface area contributed by atoms with Gasteiger partial charge in [-0.2, -0.15) is 0 Å². The number of aryl methyl sites for hydroxylation is 1. The number of rotatable bonds is 5. The lowest BCUT2D eigenvalue weighted by atomic mass is 10.1. The van der Waals surface area contributed by atoms with E-state index in [2.05, 4.69) is 26.1 Å². The fraction of sp³-hybridized carbons (Fsp3) is 0.545. The molecule has 1 aliphatic heterocycles. The number of nitrogens with one attached hydrogen (secondary N) is 3. The molecular formula is C11H18N4O2S. The number of imidazole rings is 1. The SMILES string of the molecule is Cc1ncc(S(=O)(=O)NCCC2=CCNCC2)[nH]1. The molecule has 0 aliphatic carbocycles. The largest absolute Gasteiger partial charge is 0.332 e. The van der Waals surface area contributed by atoms with E-state index in [1.807, 2.05) is 0 Å².